The zero-order valence-corrected chi connectivity index (χ0v) is 8.16. The number of rotatable bonds is 1. The van der Waals surface area contributed by atoms with Crippen molar-refractivity contribution in [1.82, 2.24) is 0 Å². The molecule has 0 unspecified atom stereocenters. The first kappa shape index (κ1) is 8.49. The van der Waals surface area contributed by atoms with Crippen LogP contribution >= 0.6 is 0 Å². The zero-order valence-electron chi connectivity index (χ0n) is 8.16. The Hall–Kier alpha value is -1.11. The van der Waals surface area contributed by atoms with E-state index in [1.54, 1.807) is 0 Å². The Bertz CT molecular complexity index is 318. The summed E-state index contributed by atoms with van der Waals surface area (Å²) < 4.78 is 2.42. The van der Waals surface area contributed by atoms with E-state index in [1.807, 2.05) is 0 Å². The number of hydrogen-bond donors (Lipinski definition) is 0. The van der Waals surface area contributed by atoms with Crippen LogP contribution in [-0.2, 0) is 0 Å². The highest BCUT2D eigenvalue weighted by Crippen LogP contribution is 2.06. The van der Waals surface area contributed by atoms with Gasteiger partial charge in [-0.05, 0) is 18.6 Å². The highest BCUT2D eigenvalue weighted by Gasteiger charge is 2.12. The van der Waals surface area contributed by atoms with Crippen molar-refractivity contribution >= 4 is 6.21 Å². The smallest absolute Gasteiger partial charge is 0.170 e. The largest absolute Gasteiger partial charge is 0.236 e. The first-order valence-electron chi connectivity index (χ1n) is 5.01. The molecule has 0 saturated carbocycles. The second kappa shape index (κ2) is 3.73. The van der Waals surface area contributed by atoms with Crippen LogP contribution in [0.3, 0.4) is 0 Å². The molecule has 13 heavy (non-hydrogen) atoms. The number of hydrogen-bond acceptors (Lipinski definition) is 0. The molecule has 1 fully saturated rings. The molecule has 1 aliphatic rings. The van der Waals surface area contributed by atoms with E-state index in [9.17, 15) is 0 Å². The molecule has 0 N–H and O–H groups in total. The Morgan fingerprint density at radius 1 is 1.15 bits per heavy atom. The van der Waals surface area contributed by atoms with Gasteiger partial charge < -0.3 is 0 Å². The van der Waals surface area contributed by atoms with Gasteiger partial charge in [0, 0.05) is 18.4 Å². The van der Waals surface area contributed by atoms with Gasteiger partial charge in [0.05, 0.1) is 0 Å². The minimum absolute atomic E-state index is 1.23. The van der Waals surface area contributed by atoms with E-state index in [0.29, 0.717) is 0 Å². The fraction of sp³-hybridized carbons (Fsp3) is 0.417. The van der Waals surface area contributed by atoms with Gasteiger partial charge in [-0.1, -0.05) is 18.2 Å². The summed E-state index contributed by atoms with van der Waals surface area (Å²) in [5, 5.41) is 0. The Morgan fingerprint density at radius 2 is 1.85 bits per heavy atom. The van der Waals surface area contributed by atoms with Crippen LogP contribution in [0.2, 0.25) is 0 Å². The normalized spacial score (nSPS) is 16.2. The summed E-state index contributed by atoms with van der Waals surface area (Å²) in [6, 6.07) is 8.56. The van der Waals surface area contributed by atoms with Gasteiger partial charge >= 0.3 is 0 Å². The van der Waals surface area contributed by atoms with E-state index in [2.05, 4.69) is 42.0 Å². The predicted octanol–water partition coefficient (Wildman–Crippen LogP) is 2.22. The third-order valence-corrected chi connectivity index (χ3v) is 2.65. The molecule has 0 bridgehead atoms. The van der Waals surface area contributed by atoms with Gasteiger partial charge in [0.25, 0.3) is 0 Å². The first-order chi connectivity index (χ1) is 6.36. The molecule has 0 aliphatic carbocycles. The maximum absolute atomic E-state index is 2.42. The second-order valence-electron chi connectivity index (χ2n) is 3.73. The van der Waals surface area contributed by atoms with Crippen molar-refractivity contribution in [3.05, 3.63) is 35.4 Å². The zero-order chi connectivity index (χ0) is 9.10. The third-order valence-electron chi connectivity index (χ3n) is 2.65. The fourth-order valence-corrected chi connectivity index (χ4v) is 1.80. The van der Waals surface area contributed by atoms with Crippen LogP contribution in [-0.4, -0.2) is 23.9 Å². The second-order valence-corrected chi connectivity index (χ2v) is 3.73. The van der Waals surface area contributed by atoms with E-state index >= 15 is 0 Å². The highest BCUT2D eigenvalue weighted by molar-refractivity contribution is 5.77. The van der Waals surface area contributed by atoms with Crippen molar-refractivity contribution in [2.24, 2.45) is 0 Å². The van der Waals surface area contributed by atoms with Crippen molar-refractivity contribution in [2.45, 2.75) is 19.8 Å². The summed E-state index contributed by atoms with van der Waals surface area (Å²) in [7, 11) is 0. The number of nitrogens with zero attached hydrogens (tertiary/aromatic N) is 1. The molecule has 1 aliphatic heterocycles. The van der Waals surface area contributed by atoms with Gasteiger partial charge in [0.2, 0.25) is 0 Å². The molecule has 0 atom stereocenters. The van der Waals surface area contributed by atoms with E-state index in [1.165, 1.54) is 37.1 Å². The number of benzene rings is 1. The molecule has 2 rings (SSSR count). The molecule has 0 radical (unpaired) electrons. The fourth-order valence-electron chi connectivity index (χ4n) is 1.80. The lowest BCUT2D eigenvalue weighted by molar-refractivity contribution is -0.500. The van der Waals surface area contributed by atoms with E-state index in [4.69, 9.17) is 0 Å². The lowest BCUT2D eigenvalue weighted by atomic mass is 10.1. The molecule has 1 heterocycles. The van der Waals surface area contributed by atoms with Gasteiger partial charge in [0.15, 0.2) is 6.21 Å². The topological polar surface area (TPSA) is 3.01 Å². The summed E-state index contributed by atoms with van der Waals surface area (Å²) in [6.45, 7) is 4.63. The first-order valence-corrected chi connectivity index (χ1v) is 5.01. The Morgan fingerprint density at radius 3 is 2.54 bits per heavy atom. The minimum atomic E-state index is 1.23. The van der Waals surface area contributed by atoms with Crippen LogP contribution in [0.25, 0.3) is 0 Å². The Balaban J connectivity index is 2.25. The van der Waals surface area contributed by atoms with Crippen molar-refractivity contribution in [3.8, 4) is 0 Å². The summed E-state index contributed by atoms with van der Waals surface area (Å²) in [4.78, 5) is 0. The summed E-state index contributed by atoms with van der Waals surface area (Å²) >= 11 is 0. The molecule has 1 heteroatoms. The van der Waals surface area contributed by atoms with Crippen molar-refractivity contribution in [3.63, 3.8) is 0 Å². The van der Waals surface area contributed by atoms with Crippen LogP contribution in [0.5, 0.6) is 0 Å². The van der Waals surface area contributed by atoms with Gasteiger partial charge in [-0.15, -0.1) is 0 Å². The van der Waals surface area contributed by atoms with Gasteiger partial charge in [-0.25, -0.2) is 4.58 Å². The maximum Gasteiger partial charge on any atom is 0.170 e. The quantitative estimate of drug-likeness (QED) is 0.574. The molecule has 1 aromatic rings. The van der Waals surface area contributed by atoms with E-state index in [0.717, 1.165) is 0 Å². The SMILES string of the molecule is Cc1ccccc1C=[N+]1CCCC1. The van der Waals surface area contributed by atoms with E-state index < -0.39 is 0 Å². The summed E-state index contributed by atoms with van der Waals surface area (Å²) in [6.07, 6.45) is 4.99. The maximum atomic E-state index is 2.42. The lowest BCUT2D eigenvalue weighted by Crippen LogP contribution is -2.08. The van der Waals surface area contributed by atoms with Crippen LogP contribution < -0.4 is 0 Å². The van der Waals surface area contributed by atoms with Crippen LogP contribution in [0.4, 0.5) is 0 Å². The molecule has 68 valence electrons. The molecular formula is C12H16N+. The molecule has 0 spiro atoms. The van der Waals surface area contributed by atoms with Gasteiger partial charge in [0.1, 0.15) is 13.1 Å². The van der Waals surface area contributed by atoms with Crippen molar-refractivity contribution in [1.29, 1.82) is 0 Å². The van der Waals surface area contributed by atoms with E-state index in [-0.39, 0.29) is 0 Å². The highest BCUT2D eigenvalue weighted by atomic mass is 15.0. The third kappa shape index (κ3) is 1.97. The Labute approximate surface area is 79.7 Å². The van der Waals surface area contributed by atoms with Crippen molar-refractivity contribution < 1.29 is 4.58 Å². The van der Waals surface area contributed by atoms with Gasteiger partial charge in [-0.3, -0.25) is 0 Å². The monoisotopic (exact) mass is 174 g/mol. The minimum Gasteiger partial charge on any atom is -0.236 e. The average molecular weight is 174 g/mol. The summed E-state index contributed by atoms with van der Waals surface area (Å²) in [5.41, 5.74) is 2.74. The van der Waals surface area contributed by atoms with Gasteiger partial charge in [-0.2, -0.15) is 0 Å². The standard InChI is InChI=1S/C12H16N/c1-11-6-2-3-7-12(11)10-13-8-4-5-9-13/h2-3,6-7,10H,4-5,8-9H2,1H3/q+1. The number of aryl methyl sites for hydroxylation is 1. The lowest BCUT2D eigenvalue weighted by Gasteiger charge is -1.97. The molecule has 1 nitrogen and oxygen atoms in total. The average Bonchev–Trinajstić information content (AvgIpc) is 2.61. The molecule has 1 aromatic carbocycles. The van der Waals surface area contributed by atoms with Crippen LogP contribution in [0.15, 0.2) is 24.3 Å². The molecule has 0 aromatic heterocycles. The molecule has 1 saturated heterocycles. The van der Waals surface area contributed by atoms with Crippen molar-refractivity contribution in [2.75, 3.05) is 13.1 Å². The molecule has 0 amide bonds. The molecular weight excluding hydrogens is 158 g/mol. The summed E-state index contributed by atoms with van der Waals surface area (Å²) in [5.74, 6) is 0. The van der Waals surface area contributed by atoms with Crippen LogP contribution in [0.1, 0.15) is 24.0 Å². The predicted molar refractivity (Wildman–Crippen MR) is 55.6 cm³/mol. The van der Waals surface area contributed by atoms with Crippen LogP contribution in [0, 0.1) is 6.92 Å². The Kier molecular flexibility index (Phi) is 2.44.